The van der Waals surface area contributed by atoms with Crippen LogP contribution in [0.3, 0.4) is 0 Å². The second-order valence-electron chi connectivity index (χ2n) is 11.6. The predicted molar refractivity (Wildman–Crippen MR) is 187 cm³/mol. The van der Waals surface area contributed by atoms with Gasteiger partial charge in [0.1, 0.15) is 11.6 Å². The quantitative estimate of drug-likeness (QED) is 0.0954. The molecule has 47 heavy (non-hydrogen) atoms. The van der Waals surface area contributed by atoms with Crippen LogP contribution in [0.5, 0.6) is 0 Å². The molecule has 8 heteroatoms. The summed E-state index contributed by atoms with van der Waals surface area (Å²) in [6.07, 6.45) is 3.89. The molecular formula is C39H40F2N2O3S. The summed E-state index contributed by atoms with van der Waals surface area (Å²) >= 11 is 0. The minimum atomic E-state index is -4.52. The number of rotatable bonds is 14. The molecule has 5 rings (SSSR count). The zero-order chi connectivity index (χ0) is 33.4. The van der Waals surface area contributed by atoms with E-state index >= 15 is 0 Å². The van der Waals surface area contributed by atoms with Gasteiger partial charge in [0.2, 0.25) is 0 Å². The van der Waals surface area contributed by atoms with Gasteiger partial charge in [0.15, 0.2) is 0 Å². The fourth-order valence-electron chi connectivity index (χ4n) is 5.89. The number of anilines is 4. The third kappa shape index (κ3) is 8.25. The van der Waals surface area contributed by atoms with Crippen molar-refractivity contribution in [3.8, 4) is 0 Å². The molecule has 0 fully saturated rings. The number of unbranched alkanes of at least 4 members (excludes halogenated alkanes) is 2. The second-order valence-corrected chi connectivity index (χ2v) is 13.0. The van der Waals surface area contributed by atoms with Crippen LogP contribution in [-0.4, -0.2) is 26.1 Å². The van der Waals surface area contributed by atoms with Crippen molar-refractivity contribution in [3.63, 3.8) is 0 Å². The zero-order valence-corrected chi connectivity index (χ0v) is 27.5. The maximum absolute atomic E-state index is 13.7. The van der Waals surface area contributed by atoms with E-state index < -0.39 is 16.0 Å². The van der Waals surface area contributed by atoms with E-state index in [0.717, 1.165) is 72.6 Å². The third-order valence-corrected chi connectivity index (χ3v) is 9.26. The molecule has 5 aromatic rings. The van der Waals surface area contributed by atoms with E-state index in [-0.39, 0.29) is 16.5 Å². The topological polar surface area (TPSA) is 60.9 Å². The minimum absolute atomic E-state index is 0.148. The summed E-state index contributed by atoms with van der Waals surface area (Å²) in [5, 5.41) is 0. The summed E-state index contributed by atoms with van der Waals surface area (Å²) in [5.41, 5.74) is 5.75. The Hall–Kier alpha value is -4.53. The van der Waals surface area contributed by atoms with Crippen LogP contribution in [0.15, 0.2) is 126 Å². The number of nitrogens with zero attached hydrogens (tertiary/aromatic N) is 2. The van der Waals surface area contributed by atoms with Gasteiger partial charge in [-0.3, -0.25) is 4.55 Å². The van der Waals surface area contributed by atoms with E-state index in [1.807, 2.05) is 48.5 Å². The van der Waals surface area contributed by atoms with Crippen LogP contribution in [0.1, 0.15) is 62.1 Å². The van der Waals surface area contributed by atoms with E-state index in [9.17, 15) is 21.8 Å². The van der Waals surface area contributed by atoms with Crippen molar-refractivity contribution < 1.29 is 21.8 Å². The Morgan fingerprint density at radius 3 is 1.30 bits per heavy atom. The first-order valence-electron chi connectivity index (χ1n) is 16.0. The second kappa shape index (κ2) is 15.4. The summed E-state index contributed by atoms with van der Waals surface area (Å²) in [6.45, 7) is 5.75. The molecule has 244 valence electrons. The largest absolute Gasteiger partial charge is 0.341 e. The molecule has 5 nitrogen and oxygen atoms in total. The Morgan fingerprint density at radius 1 is 0.574 bits per heavy atom. The van der Waals surface area contributed by atoms with E-state index in [1.165, 1.54) is 30.3 Å². The molecule has 0 aliphatic heterocycles. The summed E-state index contributed by atoms with van der Waals surface area (Å²) in [6, 6.07) is 35.3. The molecule has 0 saturated carbocycles. The lowest BCUT2D eigenvalue weighted by atomic mass is 9.85. The number of hydrogen-bond donors (Lipinski definition) is 1. The molecule has 1 N–H and O–H groups in total. The van der Waals surface area contributed by atoms with Crippen LogP contribution in [0, 0.1) is 11.6 Å². The molecule has 0 radical (unpaired) electrons. The molecule has 0 bridgehead atoms. The summed E-state index contributed by atoms with van der Waals surface area (Å²) in [7, 11) is -4.52. The van der Waals surface area contributed by atoms with Crippen molar-refractivity contribution in [2.24, 2.45) is 0 Å². The van der Waals surface area contributed by atoms with Crippen molar-refractivity contribution in [1.82, 2.24) is 0 Å². The fourth-order valence-corrected chi connectivity index (χ4v) is 6.62. The first-order valence-corrected chi connectivity index (χ1v) is 17.5. The molecule has 0 aromatic heterocycles. The molecule has 0 spiro atoms. The average molecular weight is 655 g/mol. The van der Waals surface area contributed by atoms with Crippen LogP contribution >= 0.6 is 0 Å². The van der Waals surface area contributed by atoms with Gasteiger partial charge >= 0.3 is 0 Å². The zero-order valence-electron chi connectivity index (χ0n) is 26.7. The summed E-state index contributed by atoms with van der Waals surface area (Å²) < 4.78 is 62.8. The Morgan fingerprint density at radius 2 is 0.936 bits per heavy atom. The molecule has 0 amide bonds. The molecule has 0 aliphatic carbocycles. The minimum Gasteiger partial charge on any atom is -0.341 e. The standard InChI is InChI=1S/C39H40F2N2O3S/c1-3-5-27-42(35-23-15-31(40)16-24-35)33-19-11-29(12-20-33)39(37-9-7-8-10-38(37)47(44,45)46)30-13-21-34(22-14-30)43(28-6-4-2)36-25-17-32(41)18-26-36/h7-26,39H,3-6,27-28H2,1-2H3,(H,44,45,46). The van der Waals surface area contributed by atoms with Crippen molar-refractivity contribution in [3.05, 3.63) is 150 Å². The summed E-state index contributed by atoms with van der Waals surface area (Å²) in [5.74, 6) is -1.10. The first kappa shape index (κ1) is 33.8. The van der Waals surface area contributed by atoms with Gasteiger partial charge in [-0.05, 0) is 108 Å². The first-order chi connectivity index (χ1) is 22.7. The summed E-state index contributed by atoms with van der Waals surface area (Å²) in [4.78, 5) is 4.14. The van der Waals surface area contributed by atoms with Crippen molar-refractivity contribution in [2.45, 2.75) is 50.3 Å². The Balaban J connectivity index is 1.57. The van der Waals surface area contributed by atoms with Crippen LogP contribution in [0.2, 0.25) is 0 Å². The van der Waals surface area contributed by atoms with Gasteiger partial charge < -0.3 is 9.80 Å². The third-order valence-electron chi connectivity index (χ3n) is 8.33. The Labute approximate surface area is 276 Å². The van der Waals surface area contributed by atoms with Crippen molar-refractivity contribution in [1.29, 1.82) is 0 Å². The SMILES string of the molecule is CCCCN(c1ccc(F)cc1)c1ccc(C(c2ccc(N(CCCC)c3ccc(F)cc3)cc2)c2ccccc2S(=O)(=O)O)cc1. The van der Waals surface area contributed by atoms with Gasteiger partial charge in [-0.15, -0.1) is 0 Å². The lowest BCUT2D eigenvalue weighted by molar-refractivity contribution is 0.482. The fraction of sp³-hybridized carbons (Fsp3) is 0.231. The van der Waals surface area contributed by atoms with Crippen LogP contribution < -0.4 is 9.80 Å². The number of halogens is 2. The van der Waals surface area contributed by atoms with E-state index in [0.29, 0.717) is 5.56 Å². The van der Waals surface area contributed by atoms with Gasteiger partial charge in [0.05, 0.1) is 4.90 Å². The van der Waals surface area contributed by atoms with E-state index in [2.05, 4.69) is 23.6 Å². The maximum atomic E-state index is 13.7. The maximum Gasteiger partial charge on any atom is 0.294 e. The van der Waals surface area contributed by atoms with Gasteiger partial charge in [-0.1, -0.05) is 69.2 Å². The van der Waals surface area contributed by atoms with Crippen LogP contribution in [-0.2, 0) is 10.1 Å². The average Bonchev–Trinajstić information content (AvgIpc) is 3.08. The highest BCUT2D eigenvalue weighted by molar-refractivity contribution is 7.85. The van der Waals surface area contributed by atoms with E-state index in [1.54, 1.807) is 42.5 Å². The van der Waals surface area contributed by atoms with Gasteiger partial charge in [-0.25, -0.2) is 8.78 Å². The molecule has 5 aromatic carbocycles. The number of hydrogen-bond acceptors (Lipinski definition) is 4. The normalized spacial score (nSPS) is 11.5. The monoisotopic (exact) mass is 654 g/mol. The molecule has 0 atom stereocenters. The molecule has 0 heterocycles. The Bertz CT molecular complexity index is 1740. The molecule has 0 aliphatic rings. The molecule has 0 saturated heterocycles. The van der Waals surface area contributed by atoms with Gasteiger partial charge in [-0.2, -0.15) is 8.42 Å². The highest BCUT2D eigenvalue weighted by atomic mass is 32.2. The van der Waals surface area contributed by atoms with Gasteiger partial charge in [0.25, 0.3) is 10.1 Å². The van der Waals surface area contributed by atoms with Gasteiger partial charge in [0, 0.05) is 41.8 Å². The lowest BCUT2D eigenvalue weighted by Gasteiger charge is -2.27. The molecular weight excluding hydrogens is 615 g/mol. The lowest BCUT2D eigenvalue weighted by Crippen LogP contribution is -2.19. The molecule has 0 unspecified atom stereocenters. The van der Waals surface area contributed by atoms with Crippen LogP contribution in [0.4, 0.5) is 31.5 Å². The Kier molecular flexibility index (Phi) is 11.1. The van der Waals surface area contributed by atoms with Crippen molar-refractivity contribution >= 4 is 32.9 Å². The van der Waals surface area contributed by atoms with Crippen molar-refractivity contribution in [2.75, 3.05) is 22.9 Å². The number of benzene rings is 5. The predicted octanol–water partition coefficient (Wildman–Crippen LogP) is 10.3. The smallest absolute Gasteiger partial charge is 0.294 e. The van der Waals surface area contributed by atoms with Crippen LogP contribution in [0.25, 0.3) is 0 Å². The van der Waals surface area contributed by atoms with E-state index in [4.69, 9.17) is 0 Å². The highest BCUT2D eigenvalue weighted by Crippen LogP contribution is 2.38. The highest BCUT2D eigenvalue weighted by Gasteiger charge is 2.25.